The summed E-state index contributed by atoms with van der Waals surface area (Å²) in [5, 5.41) is 3.20. The predicted octanol–water partition coefficient (Wildman–Crippen LogP) is 1.66. The van der Waals surface area contributed by atoms with Gasteiger partial charge in [-0.05, 0) is 18.2 Å². The Hall–Kier alpha value is -2.67. The molecule has 0 aliphatic carbocycles. The SMILES string of the molecule is O=CN1CCN(c2nccc(C(=O)Nc3ccccc3Cl)n2)CC1. The minimum atomic E-state index is -0.349. The van der Waals surface area contributed by atoms with Crippen molar-refractivity contribution in [2.45, 2.75) is 0 Å². The van der Waals surface area contributed by atoms with Crippen LogP contribution in [0, 0.1) is 0 Å². The summed E-state index contributed by atoms with van der Waals surface area (Å²) in [5.74, 6) is 0.130. The molecule has 2 aromatic rings. The first-order chi connectivity index (χ1) is 11.7. The zero-order chi connectivity index (χ0) is 16.9. The number of carbonyl (C=O) groups is 2. The van der Waals surface area contributed by atoms with Crippen LogP contribution >= 0.6 is 11.6 Å². The lowest BCUT2D eigenvalue weighted by molar-refractivity contribution is -0.118. The molecule has 1 saturated heterocycles. The number of nitrogens with one attached hydrogen (secondary N) is 1. The normalized spacial score (nSPS) is 14.4. The number of nitrogens with zero attached hydrogens (tertiary/aromatic N) is 4. The van der Waals surface area contributed by atoms with E-state index < -0.39 is 0 Å². The number of piperazine rings is 1. The van der Waals surface area contributed by atoms with Crippen molar-refractivity contribution in [3.8, 4) is 0 Å². The van der Waals surface area contributed by atoms with Gasteiger partial charge in [-0.3, -0.25) is 9.59 Å². The summed E-state index contributed by atoms with van der Waals surface area (Å²) in [6.07, 6.45) is 2.39. The van der Waals surface area contributed by atoms with Gasteiger partial charge < -0.3 is 15.1 Å². The molecule has 1 aromatic carbocycles. The van der Waals surface area contributed by atoms with Crippen LogP contribution in [0.25, 0.3) is 0 Å². The number of amides is 2. The van der Waals surface area contributed by atoms with E-state index >= 15 is 0 Å². The van der Waals surface area contributed by atoms with Gasteiger partial charge in [0.25, 0.3) is 5.91 Å². The topological polar surface area (TPSA) is 78.4 Å². The lowest BCUT2D eigenvalue weighted by Gasteiger charge is -2.32. The summed E-state index contributed by atoms with van der Waals surface area (Å²) < 4.78 is 0. The molecule has 2 amide bonds. The number of anilines is 2. The van der Waals surface area contributed by atoms with Crippen molar-refractivity contribution in [2.24, 2.45) is 0 Å². The van der Waals surface area contributed by atoms with Gasteiger partial charge in [-0.1, -0.05) is 23.7 Å². The van der Waals surface area contributed by atoms with Crippen LogP contribution in [-0.4, -0.2) is 53.4 Å². The summed E-state index contributed by atoms with van der Waals surface area (Å²) >= 11 is 6.05. The van der Waals surface area contributed by atoms with Gasteiger partial charge in [-0.25, -0.2) is 9.97 Å². The first-order valence-electron chi connectivity index (χ1n) is 7.50. The first kappa shape index (κ1) is 16.2. The highest BCUT2D eigenvalue weighted by Gasteiger charge is 2.19. The van der Waals surface area contributed by atoms with Crippen LogP contribution in [0.2, 0.25) is 5.02 Å². The minimum absolute atomic E-state index is 0.262. The van der Waals surface area contributed by atoms with E-state index in [9.17, 15) is 9.59 Å². The summed E-state index contributed by atoms with van der Waals surface area (Å²) in [4.78, 5) is 35.3. The van der Waals surface area contributed by atoms with Crippen molar-refractivity contribution in [1.29, 1.82) is 0 Å². The van der Waals surface area contributed by atoms with E-state index in [2.05, 4.69) is 15.3 Å². The van der Waals surface area contributed by atoms with E-state index in [4.69, 9.17) is 11.6 Å². The van der Waals surface area contributed by atoms with Crippen LogP contribution in [0.1, 0.15) is 10.5 Å². The number of benzene rings is 1. The second-order valence-electron chi connectivity index (χ2n) is 5.30. The fourth-order valence-corrected chi connectivity index (χ4v) is 2.59. The molecular weight excluding hydrogens is 330 g/mol. The van der Waals surface area contributed by atoms with Gasteiger partial charge in [-0.2, -0.15) is 0 Å². The summed E-state index contributed by atoms with van der Waals surface area (Å²) in [6.45, 7) is 2.49. The van der Waals surface area contributed by atoms with Crippen molar-refractivity contribution < 1.29 is 9.59 Å². The minimum Gasteiger partial charge on any atom is -0.342 e. The molecule has 124 valence electrons. The molecular formula is C16H16ClN5O2. The summed E-state index contributed by atoms with van der Waals surface area (Å²) in [7, 11) is 0. The molecule has 8 heteroatoms. The Morgan fingerprint density at radius 2 is 1.92 bits per heavy atom. The van der Waals surface area contributed by atoms with Crippen LogP contribution in [0.3, 0.4) is 0 Å². The van der Waals surface area contributed by atoms with Crippen LogP contribution in [0.5, 0.6) is 0 Å². The maximum absolute atomic E-state index is 12.4. The van der Waals surface area contributed by atoms with Crippen LogP contribution in [0.4, 0.5) is 11.6 Å². The van der Waals surface area contributed by atoms with E-state index in [1.54, 1.807) is 41.4 Å². The van der Waals surface area contributed by atoms with Gasteiger partial charge in [0.15, 0.2) is 0 Å². The number of hydrogen-bond donors (Lipinski definition) is 1. The van der Waals surface area contributed by atoms with Gasteiger partial charge >= 0.3 is 0 Å². The molecule has 0 saturated carbocycles. The second kappa shape index (κ2) is 7.27. The molecule has 7 nitrogen and oxygen atoms in total. The number of carbonyl (C=O) groups excluding carboxylic acids is 2. The lowest BCUT2D eigenvalue weighted by atomic mass is 10.3. The maximum atomic E-state index is 12.4. The Balaban J connectivity index is 1.72. The van der Waals surface area contributed by atoms with E-state index in [1.807, 2.05) is 4.90 Å². The smallest absolute Gasteiger partial charge is 0.274 e. The second-order valence-corrected chi connectivity index (χ2v) is 5.71. The van der Waals surface area contributed by atoms with Crippen molar-refractivity contribution in [2.75, 3.05) is 36.4 Å². The van der Waals surface area contributed by atoms with E-state index in [-0.39, 0.29) is 11.6 Å². The van der Waals surface area contributed by atoms with Crippen molar-refractivity contribution >= 4 is 35.6 Å². The molecule has 2 heterocycles. The Labute approximate surface area is 144 Å². The quantitative estimate of drug-likeness (QED) is 0.853. The molecule has 24 heavy (non-hydrogen) atoms. The molecule has 1 aliphatic heterocycles. The lowest BCUT2D eigenvalue weighted by Crippen LogP contribution is -2.46. The first-order valence-corrected chi connectivity index (χ1v) is 7.88. The monoisotopic (exact) mass is 345 g/mol. The van der Waals surface area contributed by atoms with E-state index in [1.165, 1.54) is 0 Å². The van der Waals surface area contributed by atoms with Crippen molar-refractivity contribution in [1.82, 2.24) is 14.9 Å². The van der Waals surface area contributed by atoms with Gasteiger partial charge in [0.2, 0.25) is 12.4 Å². The van der Waals surface area contributed by atoms with Crippen molar-refractivity contribution in [3.05, 3.63) is 47.2 Å². The molecule has 0 unspecified atom stereocenters. The fraction of sp³-hybridized carbons (Fsp3) is 0.250. The van der Waals surface area contributed by atoms with Gasteiger partial charge in [-0.15, -0.1) is 0 Å². The average molecular weight is 346 g/mol. The highest BCUT2D eigenvalue weighted by atomic mass is 35.5. The van der Waals surface area contributed by atoms with Gasteiger partial charge in [0, 0.05) is 32.4 Å². The Kier molecular flexibility index (Phi) is 4.90. The van der Waals surface area contributed by atoms with Crippen LogP contribution in [-0.2, 0) is 4.79 Å². The fourth-order valence-electron chi connectivity index (χ4n) is 2.40. The third-order valence-electron chi connectivity index (χ3n) is 3.74. The van der Waals surface area contributed by atoms with E-state index in [0.29, 0.717) is 42.8 Å². The van der Waals surface area contributed by atoms with Gasteiger partial charge in [0.05, 0.1) is 10.7 Å². The molecule has 1 N–H and O–H groups in total. The van der Waals surface area contributed by atoms with E-state index in [0.717, 1.165) is 6.41 Å². The number of aromatic nitrogens is 2. The molecule has 1 aromatic heterocycles. The number of rotatable bonds is 4. The zero-order valence-electron chi connectivity index (χ0n) is 12.9. The number of halogens is 1. The molecule has 0 spiro atoms. The molecule has 3 rings (SSSR count). The average Bonchev–Trinajstić information content (AvgIpc) is 2.64. The number of para-hydroxylation sites is 1. The molecule has 0 bridgehead atoms. The molecule has 1 fully saturated rings. The van der Waals surface area contributed by atoms with Crippen LogP contribution in [0.15, 0.2) is 36.5 Å². The van der Waals surface area contributed by atoms with Gasteiger partial charge in [0.1, 0.15) is 5.69 Å². The standard InChI is InChI=1S/C16H16ClN5O2/c17-12-3-1-2-4-13(12)19-15(24)14-5-6-18-16(20-14)22-9-7-21(11-23)8-10-22/h1-6,11H,7-10H2,(H,19,24). The Morgan fingerprint density at radius 3 is 2.62 bits per heavy atom. The van der Waals surface area contributed by atoms with Crippen molar-refractivity contribution in [3.63, 3.8) is 0 Å². The number of hydrogen-bond acceptors (Lipinski definition) is 5. The van der Waals surface area contributed by atoms with Crippen LogP contribution < -0.4 is 10.2 Å². The summed E-state index contributed by atoms with van der Waals surface area (Å²) in [6, 6.07) is 8.56. The third-order valence-corrected chi connectivity index (χ3v) is 4.07. The highest BCUT2D eigenvalue weighted by molar-refractivity contribution is 6.33. The predicted molar refractivity (Wildman–Crippen MR) is 91.3 cm³/mol. The Morgan fingerprint density at radius 1 is 1.17 bits per heavy atom. The zero-order valence-corrected chi connectivity index (χ0v) is 13.6. The highest BCUT2D eigenvalue weighted by Crippen LogP contribution is 2.21. The maximum Gasteiger partial charge on any atom is 0.274 e. The Bertz CT molecular complexity index is 747. The third kappa shape index (κ3) is 3.62. The molecule has 0 atom stereocenters. The largest absolute Gasteiger partial charge is 0.342 e. The summed E-state index contributed by atoms with van der Waals surface area (Å²) in [5.41, 5.74) is 0.793. The molecule has 1 aliphatic rings. The molecule has 0 radical (unpaired) electrons.